The number of ether oxygens (including phenoxy) is 3. The first kappa shape index (κ1) is 23.6. The number of halogens is 2. The van der Waals surface area contributed by atoms with E-state index >= 15 is 0 Å². The number of amides is 1. The van der Waals surface area contributed by atoms with Crippen molar-refractivity contribution < 1.29 is 27.8 Å². The van der Waals surface area contributed by atoms with Crippen LogP contribution in [0.5, 0.6) is 5.75 Å². The van der Waals surface area contributed by atoms with Crippen molar-refractivity contribution in [3.8, 4) is 11.8 Å². The maximum absolute atomic E-state index is 13.0. The number of carbonyl (C=O) groups is 1. The summed E-state index contributed by atoms with van der Waals surface area (Å²) in [5, 5.41) is 9.73. The van der Waals surface area contributed by atoms with Gasteiger partial charge in [0.15, 0.2) is 5.57 Å². The lowest BCUT2D eigenvalue weighted by molar-refractivity contribution is -0.128. The summed E-state index contributed by atoms with van der Waals surface area (Å²) in [4.78, 5) is 27.5. The number of carbonyl (C=O) groups excluding carboxylic acids is 1. The van der Waals surface area contributed by atoms with Gasteiger partial charge in [0.1, 0.15) is 16.5 Å². The van der Waals surface area contributed by atoms with Crippen molar-refractivity contribution >= 4 is 28.9 Å². The minimum absolute atomic E-state index is 0.00210. The van der Waals surface area contributed by atoms with Crippen LogP contribution in [0.1, 0.15) is 5.56 Å². The molecule has 1 aliphatic heterocycles. The van der Waals surface area contributed by atoms with Crippen LogP contribution in [0.2, 0.25) is 0 Å². The molecule has 0 unspecified atom stereocenters. The largest absolute Gasteiger partial charge is 0.435 e. The molecule has 1 saturated heterocycles. The molecule has 11 heteroatoms. The molecule has 1 fully saturated rings. The van der Waals surface area contributed by atoms with Gasteiger partial charge in [0.05, 0.1) is 30.9 Å². The van der Waals surface area contributed by atoms with Gasteiger partial charge in [0.25, 0.3) is 11.5 Å². The van der Waals surface area contributed by atoms with Crippen molar-refractivity contribution in [1.82, 2.24) is 9.47 Å². The number of rotatable bonds is 7. The predicted molar refractivity (Wildman–Crippen MR) is 113 cm³/mol. The van der Waals surface area contributed by atoms with Crippen LogP contribution < -0.4 is 19.5 Å². The molecule has 8 nitrogen and oxygen atoms in total. The van der Waals surface area contributed by atoms with Gasteiger partial charge in [0, 0.05) is 20.2 Å². The van der Waals surface area contributed by atoms with E-state index in [1.54, 1.807) is 6.08 Å². The molecule has 0 atom stereocenters. The average molecular weight is 465 g/mol. The molecule has 1 amide bonds. The Labute approximate surface area is 186 Å². The van der Waals surface area contributed by atoms with Gasteiger partial charge < -0.3 is 19.1 Å². The fraction of sp³-hybridized carbons (Fsp3) is 0.381. The number of nitriles is 1. The first-order chi connectivity index (χ1) is 15.4. The van der Waals surface area contributed by atoms with Crippen molar-refractivity contribution in [3.05, 3.63) is 49.4 Å². The van der Waals surface area contributed by atoms with Gasteiger partial charge in [-0.05, 0) is 23.8 Å². The third-order valence-corrected chi connectivity index (χ3v) is 5.80. The Balaban J connectivity index is 2.08. The molecule has 0 spiro atoms. The number of benzene rings is 1. The maximum Gasteiger partial charge on any atom is 0.387 e. The highest BCUT2D eigenvalue weighted by molar-refractivity contribution is 7.07. The van der Waals surface area contributed by atoms with Gasteiger partial charge >= 0.3 is 6.61 Å². The molecule has 3 rings (SSSR count). The molecule has 1 aliphatic rings. The van der Waals surface area contributed by atoms with Crippen LogP contribution in [-0.4, -0.2) is 62.0 Å². The summed E-state index contributed by atoms with van der Waals surface area (Å²) < 4.78 is 41.2. The zero-order valence-corrected chi connectivity index (χ0v) is 18.1. The molecule has 1 aromatic carbocycles. The topological polar surface area (TPSA) is 93.8 Å². The number of aromatic nitrogens is 1. The Bertz CT molecular complexity index is 1160. The Morgan fingerprint density at radius 2 is 2.00 bits per heavy atom. The quantitative estimate of drug-likeness (QED) is 0.592. The number of hydrogen-bond donors (Lipinski definition) is 0. The molecule has 0 N–H and O–H groups in total. The Morgan fingerprint density at radius 3 is 2.59 bits per heavy atom. The summed E-state index contributed by atoms with van der Waals surface area (Å²) in [6.07, 6.45) is 1.57. The Morgan fingerprint density at radius 1 is 1.31 bits per heavy atom. The highest BCUT2D eigenvalue weighted by atomic mass is 32.1. The number of methoxy groups -OCH3 is 1. The van der Waals surface area contributed by atoms with E-state index in [0.717, 1.165) is 11.3 Å². The zero-order chi connectivity index (χ0) is 23.1. The maximum atomic E-state index is 13.0. The first-order valence-electron chi connectivity index (χ1n) is 9.71. The molecule has 170 valence electrons. The second kappa shape index (κ2) is 11.0. The van der Waals surface area contributed by atoms with Gasteiger partial charge in [-0.15, -0.1) is 11.3 Å². The molecule has 32 heavy (non-hydrogen) atoms. The van der Waals surface area contributed by atoms with Crippen LogP contribution in [0, 0.1) is 11.3 Å². The van der Waals surface area contributed by atoms with Crippen molar-refractivity contribution in [3.63, 3.8) is 0 Å². The van der Waals surface area contributed by atoms with E-state index in [1.807, 2.05) is 6.07 Å². The highest BCUT2D eigenvalue weighted by Crippen LogP contribution is 2.15. The monoisotopic (exact) mass is 465 g/mol. The minimum atomic E-state index is -2.93. The molecular weight excluding hydrogens is 444 g/mol. The summed E-state index contributed by atoms with van der Waals surface area (Å²) in [6, 6.07) is 7.75. The molecule has 0 aliphatic carbocycles. The van der Waals surface area contributed by atoms with Crippen molar-refractivity contribution in [2.45, 2.75) is 13.2 Å². The fourth-order valence-corrected chi connectivity index (χ4v) is 4.22. The Hall–Kier alpha value is -3.07. The third kappa shape index (κ3) is 5.59. The van der Waals surface area contributed by atoms with E-state index in [1.165, 1.54) is 40.8 Å². The van der Waals surface area contributed by atoms with Crippen LogP contribution in [0.25, 0.3) is 11.6 Å². The molecular formula is C21H21F2N3O5S. The molecule has 1 aromatic heterocycles. The first-order valence-corrected chi connectivity index (χ1v) is 10.5. The van der Waals surface area contributed by atoms with Crippen molar-refractivity contribution in [2.24, 2.45) is 0 Å². The smallest absolute Gasteiger partial charge is 0.387 e. The van der Waals surface area contributed by atoms with Crippen molar-refractivity contribution in [1.29, 1.82) is 5.26 Å². The summed E-state index contributed by atoms with van der Waals surface area (Å²) in [5.41, 5.74) is 0.0799. The van der Waals surface area contributed by atoms with Crippen LogP contribution >= 0.6 is 11.3 Å². The summed E-state index contributed by atoms with van der Waals surface area (Å²) in [7, 11) is 1.49. The molecule has 0 radical (unpaired) electrons. The second-order valence-electron chi connectivity index (χ2n) is 6.70. The predicted octanol–water partition coefficient (Wildman–Crippen LogP) is 0.519. The third-order valence-electron chi connectivity index (χ3n) is 4.67. The normalized spacial score (nSPS) is 15.6. The van der Waals surface area contributed by atoms with Crippen LogP contribution in [0.4, 0.5) is 8.78 Å². The SMILES string of the molecule is COCCn1c(=O)/c(=C/c2ccc(OC(F)F)cc2)s/c1=C(\C#N)C(=O)N1CCOCC1. The standard InChI is InChI=1S/C21H21F2N3O5S/c1-29-9-8-26-19(28)17(12-14-2-4-15(5-3-14)31-21(22)23)32-20(26)16(13-24)18(27)25-6-10-30-11-7-25/h2-5,12,21H,6-11H2,1H3/b17-12-,20-16+. The highest BCUT2D eigenvalue weighted by Gasteiger charge is 2.23. The number of morpholine rings is 1. The second-order valence-corrected chi connectivity index (χ2v) is 7.73. The molecule has 0 bridgehead atoms. The number of thiazole rings is 1. The number of hydrogen-bond acceptors (Lipinski definition) is 7. The summed E-state index contributed by atoms with van der Waals surface area (Å²) in [5.74, 6) is -0.457. The summed E-state index contributed by atoms with van der Waals surface area (Å²) in [6.45, 7) is -1.05. The minimum Gasteiger partial charge on any atom is -0.435 e. The zero-order valence-electron chi connectivity index (χ0n) is 17.3. The van der Waals surface area contributed by atoms with Gasteiger partial charge in [-0.1, -0.05) is 12.1 Å². The molecule has 2 aromatic rings. The van der Waals surface area contributed by atoms with E-state index < -0.39 is 12.5 Å². The van der Waals surface area contributed by atoms with Crippen molar-refractivity contribution in [2.75, 3.05) is 40.0 Å². The number of alkyl halides is 2. The lowest BCUT2D eigenvalue weighted by atomic mass is 10.2. The van der Waals surface area contributed by atoms with Gasteiger partial charge in [-0.2, -0.15) is 14.0 Å². The summed E-state index contributed by atoms with van der Waals surface area (Å²) >= 11 is 1.02. The molecule has 0 saturated carbocycles. The van der Waals surface area contributed by atoms with E-state index in [0.29, 0.717) is 36.4 Å². The van der Waals surface area contributed by atoms with Gasteiger partial charge in [-0.25, -0.2) is 0 Å². The van der Waals surface area contributed by atoms with Gasteiger partial charge in [0.2, 0.25) is 0 Å². The van der Waals surface area contributed by atoms with Crippen LogP contribution in [0.15, 0.2) is 29.1 Å². The van der Waals surface area contributed by atoms with Crippen LogP contribution in [-0.2, 0) is 20.8 Å². The number of nitrogens with zero attached hydrogens (tertiary/aromatic N) is 3. The average Bonchev–Trinajstić information content (AvgIpc) is 3.09. The van der Waals surface area contributed by atoms with Gasteiger partial charge in [-0.3, -0.25) is 14.2 Å². The Kier molecular flexibility index (Phi) is 8.10. The fourth-order valence-electron chi connectivity index (χ4n) is 3.10. The molecule has 2 heterocycles. The van der Waals surface area contributed by atoms with E-state index in [9.17, 15) is 23.6 Å². The van der Waals surface area contributed by atoms with E-state index in [4.69, 9.17) is 9.47 Å². The lowest BCUT2D eigenvalue weighted by Gasteiger charge is -2.26. The van der Waals surface area contributed by atoms with E-state index in [2.05, 4.69) is 4.74 Å². The lowest BCUT2D eigenvalue weighted by Crippen LogP contribution is -2.43. The van der Waals surface area contributed by atoms with Crippen LogP contribution in [0.3, 0.4) is 0 Å². The van der Waals surface area contributed by atoms with E-state index in [-0.39, 0.29) is 34.7 Å².